The Morgan fingerprint density at radius 2 is 1.77 bits per heavy atom. The Hall–Kier alpha value is -3.06. The molecule has 0 radical (unpaired) electrons. The van der Waals surface area contributed by atoms with E-state index in [4.69, 9.17) is 0 Å². The molecule has 0 fully saturated rings. The maximum Gasteiger partial charge on any atom is 0.263 e. The molecule has 2 aromatic rings. The molecule has 1 unspecified atom stereocenters. The molecule has 2 aromatic carbocycles. The van der Waals surface area contributed by atoms with E-state index in [0.717, 1.165) is 22.4 Å². The van der Waals surface area contributed by atoms with Crippen LogP contribution in [0.25, 0.3) is 0 Å². The summed E-state index contributed by atoms with van der Waals surface area (Å²) in [5.74, 6) is -0.0562. The van der Waals surface area contributed by atoms with Crippen LogP contribution in [0.2, 0.25) is 0 Å². The van der Waals surface area contributed by atoms with Crippen LogP contribution in [-0.4, -0.2) is 5.91 Å². The van der Waals surface area contributed by atoms with Gasteiger partial charge in [-0.05, 0) is 36.5 Å². The smallest absolute Gasteiger partial charge is 0.263 e. The molecule has 4 nitrogen and oxygen atoms in total. The quantitative estimate of drug-likeness (QED) is 0.582. The summed E-state index contributed by atoms with van der Waals surface area (Å²) in [6.45, 7) is 8.13. The van der Waals surface area contributed by atoms with Crippen molar-refractivity contribution >= 4 is 11.6 Å². The number of nitrogens with zero attached hydrogens (tertiary/aromatic N) is 1. The number of para-hydroxylation sites is 1. The molecule has 1 amide bonds. The number of hydrogen-bond acceptors (Lipinski definition) is 3. The molecule has 0 bridgehead atoms. The van der Waals surface area contributed by atoms with Gasteiger partial charge in [-0.1, -0.05) is 62.4 Å². The summed E-state index contributed by atoms with van der Waals surface area (Å²) >= 11 is 0. The number of benzene rings is 2. The van der Waals surface area contributed by atoms with Gasteiger partial charge in [0, 0.05) is 11.9 Å². The van der Waals surface area contributed by atoms with Gasteiger partial charge in [0.1, 0.15) is 11.6 Å². The van der Waals surface area contributed by atoms with Crippen LogP contribution in [0, 0.1) is 18.3 Å². The maximum atomic E-state index is 12.4. The highest BCUT2D eigenvalue weighted by atomic mass is 16.1. The van der Waals surface area contributed by atoms with Gasteiger partial charge in [-0.2, -0.15) is 5.26 Å². The number of rotatable bonds is 6. The third-order valence-corrected chi connectivity index (χ3v) is 4.30. The molecular weight excluding hydrogens is 322 g/mol. The van der Waals surface area contributed by atoms with Crippen molar-refractivity contribution < 1.29 is 4.79 Å². The van der Waals surface area contributed by atoms with E-state index >= 15 is 0 Å². The van der Waals surface area contributed by atoms with Crippen LogP contribution in [0.4, 0.5) is 5.69 Å². The summed E-state index contributed by atoms with van der Waals surface area (Å²) < 4.78 is 0. The molecule has 0 aliphatic rings. The molecule has 26 heavy (non-hydrogen) atoms. The summed E-state index contributed by atoms with van der Waals surface area (Å²) in [5.41, 5.74) is 4.20. The Morgan fingerprint density at radius 3 is 2.38 bits per heavy atom. The van der Waals surface area contributed by atoms with Crippen molar-refractivity contribution in [1.82, 2.24) is 5.32 Å². The second-order valence-corrected chi connectivity index (χ2v) is 6.61. The molecule has 0 aliphatic carbocycles. The van der Waals surface area contributed by atoms with Crippen LogP contribution < -0.4 is 10.6 Å². The Labute approximate surface area is 155 Å². The zero-order valence-corrected chi connectivity index (χ0v) is 15.7. The van der Waals surface area contributed by atoms with Crippen LogP contribution in [0.5, 0.6) is 0 Å². The summed E-state index contributed by atoms with van der Waals surface area (Å²) in [6, 6.07) is 17.5. The lowest BCUT2D eigenvalue weighted by atomic mass is 9.98. The van der Waals surface area contributed by atoms with E-state index in [0.29, 0.717) is 5.92 Å². The first-order chi connectivity index (χ1) is 12.4. The zero-order chi connectivity index (χ0) is 19.1. The van der Waals surface area contributed by atoms with Gasteiger partial charge in [-0.15, -0.1) is 0 Å². The fraction of sp³-hybridized carbons (Fsp3) is 0.273. The van der Waals surface area contributed by atoms with E-state index in [1.165, 1.54) is 6.20 Å². The number of nitrogens with one attached hydrogen (secondary N) is 2. The largest absolute Gasteiger partial charge is 0.360 e. The van der Waals surface area contributed by atoms with Crippen molar-refractivity contribution in [3.8, 4) is 6.07 Å². The predicted octanol–water partition coefficient (Wildman–Crippen LogP) is 4.82. The summed E-state index contributed by atoms with van der Waals surface area (Å²) in [6.07, 6.45) is 1.49. The van der Waals surface area contributed by atoms with Gasteiger partial charge in [0.05, 0.1) is 6.04 Å². The van der Waals surface area contributed by atoms with Crippen molar-refractivity contribution in [3.05, 3.63) is 77.0 Å². The molecule has 2 rings (SSSR count). The molecule has 134 valence electrons. The Kier molecular flexibility index (Phi) is 6.57. The second-order valence-electron chi connectivity index (χ2n) is 6.61. The lowest BCUT2D eigenvalue weighted by Crippen LogP contribution is -2.28. The predicted molar refractivity (Wildman–Crippen MR) is 106 cm³/mol. The van der Waals surface area contributed by atoms with Crippen molar-refractivity contribution in [2.75, 3.05) is 5.32 Å². The standard InChI is InChI=1S/C22H25N3O/c1-15(2)20-12-8-9-16(3)21(20)24-14-19(13-23)22(26)25-17(4)18-10-6-5-7-11-18/h5-12,14-15,17,24H,1-4H3,(H,25,26)/b19-14-. The Morgan fingerprint density at radius 1 is 1.08 bits per heavy atom. The number of nitriles is 1. The molecular formula is C22H25N3O. The minimum Gasteiger partial charge on any atom is -0.360 e. The van der Waals surface area contributed by atoms with Crippen molar-refractivity contribution in [2.45, 2.75) is 39.7 Å². The van der Waals surface area contributed by atoms with E-state index < -0.39 is 5.91 Å². The number of anilines is 1. The lowest BCUT2D eigenvalue weighted by Gasteiger charge is -2.16. The van der Waals surface area contributed by atoms with Gasteiger partial charge in [0.25, 0.3) is 5.91 Å². The Balaban J connectivity index is 2.16. The second kappa shape index (κ2) is 8.87. The zero-order valence-electron chi connectivity index (χ0n) is 15.7. The van der Waals surface area contributed by atoms with Crippen LogP contribution in [0.15, 0.2) is 60.3 Å². The van der Waals surface area contributed by atoms with Crippen LogP contribution >= 0.6 is 0 Å². The average molecular weight is 347 g/mol. The van der Waals surface area contributed by atoms with Gasteiger partial charge < -0.3 is 10.6 Å². The topological polar surface area (TPSA) is 64.9 Å². The minimum atomic E-state index is -0.393. The van der Waals surface area contributed by atoms with E-state index in [2.05, 4.69) is 30.5 Å². The average Bonchev–Trinajstić information content (AvgIpc) is 2.63. The van der Waals surface area contributed by atoms with Crippen molar-refractivity contribution in [2.24, 2.45) is 0 Å². The number of amides is 1. The molecule has 0 aliphatic heterocycles. The first kappa shape index (κ1) is 19.3. The molecule has 4 heteroatoms. The lowest BCUT2D eigenvalue weighted by molar-refractivity contribution is -0.117. The van der Waals surface area contributed by atoms with Gasteiger partial charge in [-0.3, -0.25) is 4.79 Å². The first-order valence-corrected chi connectivity index (χ1v) is 8.76. The van der Waals surface area contributed by atoms with Gasteiger partial charge in [0.15, 0.2) is 0 Å². The molecule has 1 atom stereocenters. The monoisotopic (exact) mass is 347 g/mol. The number of aryl methyl sites for hydroxylation is 1. The van der Waals surface area contributed by atoms with Gasteiger partial charge in [-0.25, -0.2) is 0 Å². The first-order valence-electron chi connectivity index (χ1n) is 8.76. The third-order valence-electron chi connectivity index (χ3n) is 4.30. The number of hydrogen-bond donors (Lipinski definition) is 2. The minimum absolute atomic E-state index is 0.0470. The van der Waals surface area contributed by atoms with Crippen LogP contribution in [0.3, 0.4) is 0 Å². The van der Waals surface area contributed by atoms with E-state index in [1.807, 2.05) is 62.4 Å². The number of carbonyl (C=O) groups is 1. The van der Waals surface area contributed by atoms with Gasteiger partial charge in [0.2, 0.25) is 0 Å². The summed E-state index contributed by atoms with van der Waals surface area (Å²) in [7, 11) is 0. The van der Waals surface area contributed by atoms with Crippen molar-refractivity contribution in [1.29, 1.82) is 5.26 Å². The molecule has 0 saturated carbocycles. The third kappa shape index (κ3) is 4.73. The fourth-order valence-corrected chi connectivity index (χ4v) is 2.76. The normalized spacial score (nSPS) is 12.4. The molecule has 0 aromatic heterocycles. The van der Waals surface area contributed by atoms with E-state index in [1.54, 1.807) is 0 Å². The van der Waals surface area contributed by atoms with E-state index in [9.17, 15) is 10.1 Å². The molecule has 0 spiro atoms. The van der Waals surface area contributed by atoms with Crippen LogP contribution in [-0.2, 0) is 4.79 Å². The van der Waals surface area contributed by atoms with E-state index in [-0.39, 0.29) is 11.6 Å². The molecule has 0 heterocycles. The Bertz CT molecular complexity index is 832. The summed E-state index contributed by atoms with van der Waals surface area (Å²) in [4.78, 5) is 12.4. The highest BCUT2D eigenvalue weighted by molar-refractivity contribution is 5.97. The SMILES string of the molecule is Cc1cccc(C(C)C)c1N/C=C(/C#N)C(=O)NC(C)c1ccccc1. The fourth-order valence-electron chi connectivity index (χ4n) is 2.76. The van der Waals surface area contributed by atoms with Crippen molar-refractivity contribution in [3.63, 3.8) is 0 Å². The highest BCUT2D eigenvalue weighted by Crippen LogP contribution is 2.27. The number of carbonyl (C=O) groups excluding carboxylic acids is 1. The maximum absolute atomic E-state index is 12.4. The van der Waals surface area contributed by atoms with Crippen LogP contribution in [0.1, 0.15) is 49.4 Å². The molecule has 0 saturated heterocycles. The van der Waals surface area contributed by atoms with Gasteiger partial charge >= 0.3 is 0 Å². The molecule has 2 N–H and O–H groups in total. The summed E-state index contributed by atoms with van der Waals surface area (Å²) in [5, 5.41) is 15.4. The highest BCUT2D eigenvalue weighted by Gasteiger charge is 2.14.